The van der Waals surface area contributed by atoms with Gasteiger partial charge >= 0.3 is 12.1 Å². The van der Waals surface area contributed by atoms with Crippen LogP contribution in [-0.4, -0.2) is 41.8 Å². The van der Waals surface area contributed by atoms with E-state index in [0.29, 0.717) is 6.42 Å². The molecule has 1 unspecified atom stereocenters. The number of aliphatic carboxylic acids is 1. The highest BCUT2D eigenvalue weighted by molar-refractivity contribution is 5.80. The number of carboxylic acid groups (broad SMARTS) is 1. The van der Waals surface area contributed by atoms with E-state index in [9.17, 15) is 14.4 Å². The van der Waals surface area contributed by atoms with Crippen LogP contribution in [0.15, 0.2) is 48.5 Å². The van der Waals surface area contributed by atoms with Crippen LogP contribution in [0.25, 0.3) is 11.1 Å². The molecule has 0 spiro atoms. The van der Waals surface area contributed by atoms with Crippen LogP contribution in [0.5, 0.6) is 0 Å². The molecule has 0 radical (unpaired) electrons. The van der Waals surface area contributed by atoms with Gasteiger partial charge in [-0.15, -0.1) is 0 Å². The fourth-order valence-corrected chi connectivity index (χ4v) is 4.25. The first-order valence-corrected chi connectivity index (χ1v) is 11.0. The number of alkyl carbamates (subject to hydrolysis) is 1. The Balaban J connectivity index is 1.57. The Hall–Kier alpha value is -3.35. The lowest BCUT2D eigenvalue weighted by Crippen LogP contribution is -2.42. The van der Waals surface area contributed by atoms with Gasteiger partial charge in [-0.25, -0.2) is 4.79 Å². The van der Waals surface area contributed by atoms with Crippen LogP contribution in [-0.2, 0) is 14.3 Å². The normalized spacial score (nSPS) is 14.1. The minimum Gasteiger partial charge on any atom is -0.481 e. The van der Waals surface area contributed by atoms with Crippen molar-refractivity contribution >= 4 is 18.0 Å². The van der Waals surface area contributed by atoms with Gasteiger partial charge in [0.1, 0.15) is 6.61 Å². The van der Waals surface area contributed by atoms with E-state index in [0.717, 1.165) is 28.7 Å². The molecule has 0 aliphatic heterocycles. The lowest BCUT2D eigenvalue weighted by molar-refractivity contribution is -0.137. The van der Waals surface area contributed by atoms with Crippen LogP contribution in [0.4, 0.5) is 4.79 Å². The highest BCUT2D eigenvalue weighted by Crippen LogP contribution is 2.44. The van der Waals surface area contributed by atoms with E-state index < -0.39 is 18.1 Å². The lowest BCUT2D eigenvalue weighted by atomic mass is 9.98. The maximum Gasteiger partial charge on any atom is 0.407 e. The number of carbonyl (C=O) groups is 3. The third kappa shape index (κ3) is 5.87. The number of nitrogens with one attached hydrogen (secondary N) is 2. The number of ether oxygens (including phenoxy) is 1. The van der Waals surface area contributed by atoms with Gasteiger partial charge in [-0.05, 0) is 35.6 Å². The van der Waals surface area contributed by atoms with Crippen molar-refractivity contribution in [2.24, 2.45) is 0 Å². The molecule has 1 aliphatic carbocycles. The molecule has 3 rings (SSSR count). The van der Waals surface area contributed by atoms with Gasteiger partial charge in [0.15, 0.2) is 0 Å². The van der Waals surface area contributed by atoms with Crippen molar-refractivity contribution in [3.05, 3.63) is 59.7 Å². The summed E-state index contributed by atoms with van der Waals surface area (Å²) in [5.74, 6) is -1.30. The average molecular weight is 439 g/mol. The summed E-state index contributed by atoms with van der Waals surface area (Å²) < 4.78 is 5.57. The summed E-state index contributed by atoms with van der Waals surface area (Å²) in [5.41, 5.74) is 4.60. The van der Waals surface area contributed by atoms with Crippen molar-refractivity contribution in [2.75, 3.05) is 6.61 Å². The van der Waals surface area contributed by atoms with E-state index in [-0.39, 0.29) is 37.3 Å². The van der Waals surface area contributed by atoms with E-state index in [4.69, 9.17) is 9.84 Å². The van der Waals surface area contributed by atoms with Crippen LogP contribution in [0.2, 0.25) is 0 Å². The first-order chi connectivity index (χ1) is 15.4. The summed E-state index contributed by atoms with van der Waals surface area (Å²) in [7, 11) is 0. The summed E-state index contributed by atoms with van der Waals surface area (Å²) in [6.07, 6.45) is 0.764. The number of benzene rings is 2. The molecule has 2 atom stereocenters. The van der Waals surface area contributed by atoms with Crippen LogP contribution in [0.3, 0.4) is 0 Å². The smallest absolute Gasteiger partial charge is 0.407 e. The second-order valence-electron chi connectivity index (χ2n) is 8.23. The predicted octanol–water partition coefficient (Wildman–Crippen LogP) is 4.06. The van der Waals surface area contributed by atoms with E-state index >= 15 is 0 Å². The number of hydrogen-bond donors (Lipinski definition) is 3. The number of hydrogen-bond acceptors (Lipinski definition) is 4. The molecule has 0 heterocycles. The molecular formula is C25H30N2O5. The molecule has 2 aromatic rings. The molecule has 0 fully saturated rings. The topological polar surface area (TPSA) is 105 Å². The summed E-state index contributed by atoms with van der Waals surface area (Å²) in [6, 6.07) is 15.4. The fourth-order valence-electron chi connectivity index (χ4n) is 4.25. The van der Waals surface area contributed by atoms with E-state index in [1.807, 2.05) is 31.2 Å². The molecule has 3 N–H and O–H groups in total. The molecule has 2 aromatic carbocycles. The Kier molecular flexibility index (Phi) is 7.87. The number of carbonyl (C=O) groups excluding carboxylic acids is 2. The maximum atomic E-state index is 12.5. The summed E-state index contributed by atoms with van der Waals surface area (Å²) in [6.45, 7) is 3.82. The Morgan fingerprint density at radius 2 is 1.56 bits per heavy atom. The molecule has 0 aromatic heterocycles. The van der Waals surface area contributed by atoms with Crippen LogP contribution in [0.1, 0.15) is 56.6 Å². The molecule has 0 saturated heterocycles. The van der Waals surface area contributed by atoms with Crippen molar-refractivity contribution in [1.29, 1.82) is 0 Å². The number of fused-ring (bicyclic) bond motifs is 3. The average Bonchev–Trinajstić information content (AvgIpc) is 3.05. The minimum atomic E-state index is -0.973. The quantitative estimate of drug-likeness (QED) is 0.519. The largest absolute Gasteiger partial charge is 0.481 e. The molecule has 0 saturated carbocycles. The summed E-state index contributed by atoms with van der Waals surface area (Å²) >= 11 is 0. The zero-order valence-electron chi connectivity index (χ0n) is 18.5. The number of rotatable bonds is 10. The third-order valence-electron chi connectivity index (χ3n) is 5.62. The molecule has 7 heteroatoms. The van der Waals surface area contributed by atoms with Gasteiger partial charge in [-0.2, -0.15) is 0 Å². The van der Waals surface area contributed by atoms with E-state index in [2.05, 4.69) is 34.9 Å². The molecule has 32 heavy (non-hydrogen) atoms. The Morgan fingerprint density at radius 3 is 2.12 bits per heavy atom. The van der Waals surface area contributed by atoms with Crippen molar-refractivity contribution < 1.29 is 24.2 Å². The van der Waals surface area contributed by atoms with Gasteiger partial charge in [0.2, 0.25) is 5.91 Å². The highest BCUT2D eigenvalue weighted by atomic mass is 16.5. The second-order valence-corrected chi connectivity index (χ2v) is 8.23. The highest BCUT2D eigenvalue weighted by Gasteiger charge is 2.29. The van der Waals surface area contributed by atoms with Gasteiger partial charge in [0.05, 0.1) is 6.42 Å². The minimum absolute atomic E-state index is 0.0297. The van der Waals surface area contributed by atoms with Crippen LogP contribution in [0, 0.1) is 0 Å². The first kappa shape index (κ1) is 23.3. The van der Waals surface area contributed by atoms with Crippen molar-refractivity contribution in [2.45, 2.75) is 57.5 Å². The standard InChI is InChI=1S/C25H30N2O5/c1-3-8-17(14-23(28)26-16(2)13-24(29)30)27-25(31)32-15-22-20-11-6-4-9-18(20)19-10-5-7-12-21(19)22/h4-7,9-12,16-17,22H,3,8,13-15H2,1-2H3,(H,26,28)(H,27,31)(H,29,30)/t16-,17?/m0/s1. The SMILES string of the molecule is CCCC(CC(=O)N[C@@H](C)CC(=O)O)NC(=O)OCC1c2ccccc2-c2ccccc21. The molecule has 2 amide bonds. The van der Waals surface area contributed by atoms with Crippen molar-refractivity contribution in [3.8, 4) is 11.1 Å². The molecule has 1 aliphatic rings. The zero-order chi connectivity index (χ0) is 23.1. The Morgan fingerprint density at radius 1 is 0.969 bits per heavy atom. The zero-order valence-corrected chi connectivity index (χ0v) is 18.5. The van der Waals surface area contributed by atoms with Crippen LogP contribution < -0.4 is 10.6 Å². The lowest BCUT2D eigenvalue weighted by Gasteiger charge is -2.20. The van der Waals surface area contributed by atoms with E-state index in [1.54, 1.807) is 6.92 Å². The monoisotopic (exact) mass is 438 g/mol. The van der Waals surface area contributed by atoms with Gasteiger partial charge in [0, 0.05) is 24.4 Å². The fraction of sp³-hybridized carbons (Fsp3) is 0.400. The van der Waals surface area contributed by atoms with E-state index in [1.165, 1.54) is 0 Å². The number of amides is 2. The van der Waals surface area contributed by atoms with Gasteiger partial charge in [-0.3, -0.25) is 9.59 Å². The molecule has 7 nitrogen and oxygen atoms in total. The summed E-state index contributed by atoms with van der Waals surface area (Å²) in [5, 5.41) is 14.3. The maximum absolute atomic E-state index is 12.5. The van der Waals surface area contributed by atoms with Gasteiger partial charge in [-0.1, -0.05) is 61.9 Å². The molecular weight excluding hydrogens is 408 g/mol. The third-order valence-corrected chi connectivity index (χ3v) is 5.62. The van der Waals surface area contributed by atoms with Crippen molar-refractivity contribution in [3.63, 3.8) is 0 Å². The Bertz CT molecular complexity index is 929. The summed E-state index contributed by atoms with van der Waals surface area (Å²) in [4.78, 5) is 35.5. The van der Waals surface area contributed by atoms with Gasteiger partial charge < -0.3 is 20.5 Å². The second kappa shape index (κ2) is 10.8. The Labute approximate surface area is 188 Å². The number of carboxylic acids is 1. The van der Waals surface area contributed by atoms with Crippen molar-refractivity contribution in [1.82, 2.24) is 10.6 Å². The molecule has 0 bridgehead atoms. The van der Waals surface area contributed by atoms with Crippen LogP contribution >= 0.6 is 0 Å². The van der Waals surface area contributed by atoms with Gasteiger partial charge in [0.25, 0.3) is 0 Å². The first-order valence-electron chi connectivity index (χ1n) is 11.0. The predicted molar refractivity (Wildman–Crippen MR) is 121 cm³/mol. The molecule has 170 valence electrons.